The van der Waals surface area contributed by atoms with Crippen LogP contribution in [0.5, 0.6) is 5.75 Å². The van der Waals surface area contributed by atoms with Gasteiger partial charge in [-0.2, -0.15) is 0 Å². The van der Waals surface area contributed by atoms with Crippen LogP contribution in [0, 0.1) is 11.8 Å². The SMILES string of the molecule is CC(C)[C@H](NC(=O)[C@H](C)N)C(=O)Nc1cc(C[C@@H](C[C@H](C)C(=O)OC(C)(C)C)NC(=O)OC(C)(C)C)ccc1O. The molecule has 1 aromatic rings. The molecular formula is C29H48N4O7. The van der Waals surface area contributed by atoms with E-state index in [1.165, 1.54) is 13.0 Å². The molecule has 0 fully saturated rings. The van der Waals surface area contributed by atoms with Crippen molar-refractivity contribution in [3.05, 3.63) is 23.8 Å². The quantitative estimate of drug-likeness (QED) is 0.200. The van der Waals surface area contributed by atoms with Gasteiger partial charge in [0, 0.05) is 6.04 Å². The molecule has 0 aliphatic carbocycles. The number of alkyl carbamates (subject to hydrolysis) is 1. The third kappa shape index (κ3) is 12.7. The highest BCUT2D eigenvalue weighted by atomic mass is 16.6. The van der Waals surface area contributed by atoms with Crippen molar-refractivity contribution in [3.63, 3.8) is 0 Å². The fourth-order valence-corrected chi connectivity index (χ4v) is 3.72. The van der Waals surface area contributed by atoms with Crippen molar-refractivity contribution in [2.24, 2.45) is 17.6 Å². The van der Waals surface area contributed by atoms with Gasteiger partial charge < -0.3 is 36.3 Å². The van der Waals surface area contributed by atoms with Gasteiger partial charge in [-0.15, -0.1) is 0 Å². The molecule has 1 rings (SSSR count). The van der Waals surface area contributed by atoms with E-state index in [0.29, 0.717) is 5.56 Å². The summed E-state index contributed by atoms with van der Waals surface area (Å²) in [6.07, 6.45) is -0.106. The highest BCUT2D eigenvalue weighted by molar-refractivity contribution is 5.98. The average Bonchev–Trinajstić information content (AvgIpc) is 2.76. The number of nitrogens with one attached hydrogen (secondary N) is 3. The number of carbonyl (C=O) groups excluding carboxylic acids is 4. The lowest BCUT2D eigenvalue weighted by molar-refractivity contribution is -0.159. The van der Waals surface area contributed by atoms with Crippen molar-refractivity contribution in [2.45, 2.75) is 111 Å². The molecule has 0 aromatic heterocycles. The van der Waals surface area contributed by atoms with Crippen molar-refractivity contribution in [3.8, 4) is 5.75 Å². The van der Waals surface area contributed by atoms with Crippen LogP contribution in [-0.4, -0.2) is 58.3 Å². The van der Waals surface area contributed by atoms with Gasteiger partial charge in [-0.25, -0.2) is 4.79 Å². The number of anilines is 1. The largest absolute Gasteiger partial charge is 0.506 e. The summed E-state index contributed by atoms with van der Waals surface area (Å²) >= 11 is 0. The van der Waals surface area contributed by atoms with Gasteiger partial charge in [-0.1, -0.05) is 26.8 Å². The molecule has 4 atom stereocenters. The lowest BCUT2D eigenvalue weighted by Gasteiger charge is -2.27. The predicted octanol–water partition coefficient (Wildman–Crippen LogP) is 3.62. The van der Waals surface area contributed by atoms with Crippen molar-refractivity contribution in [1.29, 1.82) is 0 Å². The Balaban J connectivity index is 3.18. The fourth-order valence-electron chi connectivity index (χ4n) is 3.72. The Bertz CT molecular complexity index is 1040. The number of benzene rings is 1. The fraction of sp³-hybridized carbons (Fsp3) is 0.655. The zero-order valence-electron chi connectivity index (χ0n) is 25.5. The number of hydrogen-bond donors (Lipinski definition) is 5. The van der Waals surface area contributed by atoms with Gasteiger partial charge in [0.15, 0.2) is 0 Å². The Morgan fingerprint density at radius 3 is 1.98 bits per heavy atom. The molecule has 11 nitrogen and oxygen atoms in total. The van der Waals surface area contributed by atoms with Gasteiger partial charge in [0.2, 0.25) is 11.8 Å². The Morgan fingerprint density at radius 2 is 1.48 bits per heavy atom. The Morgan fingerprint density at radius 1 is 0.900 bits per heavy atom. The first-order valence-corrected chi connectivity index (χ1v) is 13.6. The smallest absolute Gasteiger partial charge is 0.407 e. The van der Waals surface area contributed by atoms with E-state index in [1.807, 2.05) is 0 Å². The molecule has 40 heavy (non-hydrogen) atoms. The second-order valence-electron chi connectivity index (χ2n) is 12.6. The number of esters is 1. The maximum absolute atomic E-state index is 13.0. The number of amides is 3. The number of phenols is 1. The maximum Gasteiger partial charge on any atom is 0.407 e. The average molecular weight is 565 g/mol. The molecule has 0 saturated heterocycles. The first-order chi connectivity index (χ1) is 18.2. The van der Waals surface area contributed by atoms with Crippen LogP contribution in [0.1, 0.15) is 81.2 Å². The van der Waals surface area contributed by atoms with Crippen LogP contribution in [0.2, 0.25) is 0 Å². The molecule has 226 valence electrons. The second kappa shape index (κ2) is 14.3. The minimum Gasteiger partial charge on any atom is -0.506 e. The molecule has 0 heterocycles. The zero-order valence-corrected chi connectivity index (χ0v) is 25.5. The molecule has 0 bridgehead atoms. The van der Waals surface area contributed by atoms with E-state index in [2.05, 4.69) is 16.0 Å². The highest BCUT2D eigenvalue weighted by Crippen LogP contribution is 2.27. The van der Waals surface area contributed by atoms with Gasteiger partial charge in [-0.05, 0) is 84.9 Å². The van der Waals surface area contributed by atoms with E-state index in [4.69, 9.17) is 15.2 Å². The van der Waals surface area contributed by atoms with Gasteiger partial charge in [-0.3, -0.25) is 14.4 Å². The van der Waals surface area contributed by atoms with E-state index in [1.54, 1.807) is 74.4 Å². The summed E-state index contributed by atoms with van der Waals surface area (Å²) in [6, 6.07) is 2.47. The van der Waals surface area contributed by atoms with Crippen LogP contribution in [0.15, 0.2) is 18.2 Å². The van der Waals surface area contributed by atoms with Crippen LogP contribution in [0.25, 0.3) is 0 Å². The van der Waals surface area contributed by atoms with Crippen molar-refractivity contribution < 1.29 is 33.8 Å². The number of phenolic OH excluding ortho intramolecular Hbond substituents is 1. The molecule has 11 heteroatoms. The summed E-state index contributed by atoms with van der Waals surface area (Å²) in [5.74, 6) is -2.33. The Labute approximate surface area is 237 Å². The van der Waals surface area contributed by atoms with E-state index < -0.39 is 59.1 Å². The molecule has 0 aliphatic rings. The standard InChI is InChI=1S/C29H48N4O7/c1-16(2)23(33-24(35)18(4)30)25(36)32-21-15-19(11-12-22(21)34)14-20(31-27(38)40-29(8,9)10)13-17(3)26(37)39-28(5,6)7/h11-12,15-18,20,23,34H,13-14,30H2,1-10H3,(H,31,38)(H,32,36)(H,33,35)/t17-,18-,20+,23-/m0/s1. The van der Waals surface area contributed by atoms with Crippen molar-refractivity contribution in [2.75, 3.05) is 5.32 Å². The van der Waals surface area contributed by atoms with E-state index in [9.17, 15) is 24.3 Å². The van der Waals surface area contributed by atoms with Gasteiger partial charge >= 0.3 is 12.1 Å². The summed E-state index contributed by atoms with van der Waals surface area (Å²) in [5.41, 5.74) is 5.07. The maximum atomic E-state index is 13.0. The summed E-state index contributed by atoms with van der Waals surface area (Å²) in [7, 11) is 0. The van der Waals surface area contributed by atoms with E-state index in [0.717, 1.165) is 0 Å². The van der Waals surface area contributed by atoms with Crippen LogP contribution < -0.4 is 21.7 Å². The lowest BCUT2D eigenvalue weighted by atomic mass is 9.95. The Kier molecular flexibility index (Phi) is 12.4. The number of carbonyl (C=O) groups is 4. The number of hydrogen-bond acceptors (Lipinski definition) is 8. The lowest BCUT2D eigenvalue weighted by Crippen LogP contribution is -2.51. The number of aromatic hydroxyl groups is 1. The highest BCUT2D eigenvalue weighted by Gasteiger charge is 2.28. The number of rotatable bonds is 11. The molecule has 3 amide bonds. The first-order valence-electron chi connectivity index (χ1n) is 13.6. The molecule has 0 spiro atoms. The van der Waals surface area contributed by atoms with Crippen molar-refractivity contribution in [1.82, 2.24) is 10.6 Å². The van der Waals surface area contributed by atoms with Crippen LogP contribution in [0.3, 0.4) is 0 Å². The summed E-state index contributed by atoms with van der Waals surface area (Å²) < 4.78 is 10.9. The van der Waals surface area contributed by atoms with Gasteiger partial charge in [0.1, 0.15) is 23.0 Å². The molecule has 0 saturated carbocycles. The molecule has 0 radical (unpaired) electrons. The third-order valence-corrected chi connectivity index (χ3v) is 5.63. The summed E-state index contributed by atoms with van der Waals surface area (Å²) in [6.45, 7) is 17.4. The minimum atomic E-state index is -0.877. The Hall–Kier alpha value is -3.34. The second-order valence-corrected chi connectivity index (χ2v) is 12.6. The van der Waals surface area contributed by atoms with Crippen LogP contribution in [-0.2, 0) is 30.3 Å². The number of ether oxygens (including phenoxy) is 2. The number of nitrogens with two attached hydrogens (primary N) is 1. The monoisotopic (exact) mass is 564 g/mol. The third-order valence-electron chi connectivity index (χ3n) is 5.63. The van der Waals surface area contributed by atoms with Crippen LogP contribution in [0.4, 0.5) is 10.5 Å². The molecule has 6 N–H and O–H groups in total. The van der Waals surface area contributed by atoms with E-state index in [-0.39, 0.29) is 30.2 Å². The van der Waals surface area contributed by atoms with Crippen LogP contribution >= 0.6 is 0 Å². The molecule has 0 aliphatic heterocycles. The zero-order chi connectivity index (χ0) is 31.0. The first kappa shape index (κ1) is 34.7. The topological polar surface area (TPSA) is 169 Å². The van der Waals surface area contributed by atoms with Gasteiger partial charge in [0.25, 0.3) is 0 Å². The minimum absolute atomic E-state index is 0.138. The van der Waals surface area contributed by atoms with Gasteiger partial charge in [0.05, 0.1) is 17.6 Å². The molecule has 1 aromatic carbocycles. The summed E-state index contributed by atoms with van der Waals surface area (Å²) in [4.78, 5) is 50.3. The van der Waals surface area contributed by atoms with Crippen molar-refractivity contribution >= 4 is 29.6 Å². The van der Waals surface area contributed by atoms with E-state index >= 15 is 0 Å². The predicted molar refractivity (Wildman–Crippen MR) is 154 cm³/mol. The normalized spacial score (nSPS) is 14.9. The summed E-state index contributed by atoms with van der Waals surface area (Å²) in [5, 5.41) is 18.6. The molecule has 0 unspecified atom stereocenters. The molecular weight excluding hydrogens is 516 g/mol.